The van der Waals surface area contributed by atoms with E-state index in [2.05, 4.69) is 10.3 Å². The number of benzene rings is 3. The second-order valence-electron chi connectivity index (χ2n) is 6.59. The highest BCUT2D eigenvalue weighted by Gasteiger charge is 2.12. The van der Waals surface area contributed by atoms with Gasteiger partial charge in [0.05, 0.1) is 16.6 Å². The second kappa shape index (κ2) is 8.44. The quantitative estimate of drug-likeness (QED) is 0.411. The Labute approximate surface area is 186 Å². The van der Waals surface area contributed by atoms with E-state index in [9.17, 15) is 9.59 Å². The van der Waals surface area contributed by atoms with Crippen molar-refractivity contribution in [2.75, 3.05) is 0 Å². The van der Waals surface area contributed by atoms with Gasteiger partial charge in [-0.2, -0.15) is 0 Å². The van der Waals surface area contributed by atoms with E-state index in [0.717, 1.165) is 5.56 Å². The van der Waals surface area contributed by atoms with E-state index in [1.54, 1.807) is 48.5 Å². The predicted octanol–water partition coefficient (Wildman–Crippen LogP) is 5.29. The van der Waals surface area contributed by atoms with Crippen molar-refractivity contribution in [2.45, 2.75) is 6.54 Å². The van der Waals surface area contributed by atoms with Crippen LogP contribution in [0.1, 0.15) is 15.9 Å². The largest absolute Gasteiger partial charge is 0.348 e. The summed E-state index contributed by atoms with van der Waals surface area (Å²) >= 11 is 17.4. The second-order valence-corrected chi connectivity index (χ2v) is 7.82. The standard InChI is InChI=1S/C22H15Cl2N3O2S/c23-15-8-6-14(18(24)11-15)12-25-20(28)13-7-9-17-19(10-13)26-22(30)27(21(17)29)16-4-2-1-3-5-16/h1-11H,12H2,(H,25,28)(H,26,30). The molecule has 3 aromatic carbocycles. The number of para-hydroxylation sites is 1. The summed E-state index contributed by atoms with van der Waals surface area (Å²) in [5, 5.41) is 4.26. The van der Waals surface area contributed by atoms with E-state index >= 15 is 0 Å². The van der Waals surface area contributed by atoms with Gasteiger partial charge in [0.15, 0.2) is 4.77 Å². The summed E-state index contributed by atoms with van der Waals surface area (Å²) in [4.78, 5) is 28.6. The van der Waals surface area contributed by atoms with Crippen LogP contribution in [0.5, 0.6) is 0 Å². The van der Waals surface area contributed by atoms with Crippen molar-refractivity contribution in [3.05, 3.63) is 103 Å². The van der Waals surface area contributed by atoms with E-state index in [4.69, 9.17) is 35.4 Å². The lowest BCUT2D eigenvalue weighted by molar-refractivity contribution is 0.0951. The fraction of sp³-hybridized carbons (Fsp3) is 0.0455. The van der Waals surface area contributed by atoms with Crippen LogP contribution in [0.15, 0.2) is 71.5 Å². The smallest absolute Gasteiger partial charge is 0.266 e. The van der Waals surface area contributed by atoms with Crippen LogP contribution < -0.4 is 10.9 Å². The molecule has 1 aromatic heterocycles. The van der Waals surface area contributed by atoms with Gasteiger partial charge in [-0.25, -0.2) is 0 Å². The van der Waals surface area contributed by atoms with Crippen molar-refractivity contribution in [1.29, 1.82) is 0 Å². The lowest BCUT2D eigenvalue weighted by Crippen LogP contribution is -2.24. The van der Waals surface area contributed by atoms with Crippen LogP contribution in [0, 0.1) is 4.77 Å². The molecule has 0 unspecified atom stereocenters. The molecule has 0 atom stereocenters. The summed E-state index contributed by atoms with van der Waals surface area (Å²) in [5.74, 6) is -0.297. The van der Waals surface area contributed by atoms with Crippen molar-refractivity contribution in [2.24, 2.45) is 0 Å². The Bertz CT molecular complexity index is 1380. The monoisotopic (exact) mass is 455 g/mol. The number of carbonyl (C=O) groups excluding carboxylic acids is 1. The summed E-state index contributed by atoms with van der Waals surface area (Å²) < 4.78 is 1.68. The van der Waals surface area contributed by atoms with Gasteiger partial charge in [-0.15, -0.1) is 0 Å². The third-order valence-corrected chi connectivity index (χ3v) is 5.50. The maximum atomic E-state index is 13.0. The Morgan fingerprint density at radius 3 is 2.53 bits per heavy atom. The highest BCUT2D eigenvalue weighted by atomic mass is 35.5. The van der Waals surface area contributed by atoms with Crippen LogP contribution in [-0.2, 0) is 6.54 Å². The minimum absolute atomic E-state index is 0.248. The van der Waals surface area contributed by atoms with Crippen molar-refractivity contribution < 1.29 is 4.79 Å². The molecular formula is C22H15Cl2N3O2S. The molecule has 1 heterocycles. The molecule has 4 rings (SSSR count). The number of halogens is 2. The average Bonchev–Trinajstić information content (AvgIpc) is 2.73. The van der Waals surface area contributed by atoms with Gasteiger partial charge in [0.1, 0.15) is 0 Å². The normalized spacial score (nSPS) is 10.9. The highest BCUT2D eigenvalue weighted by Crippen LogP contribution is 2.21. The molecule has 5 nitrogen and oxygen atoms in total. The van der Waals surface area contributed by atoms with Gasteiger partial charge < -0.3 is 10.3 Å². The molecule has 1 amide bonds. The zero-order valence-corrected chi connectivity index (χ0v) is 17.8. The minimum atomic E-state index is -0.297. The fourth-order valence-corrected chi connectivity index (χ4v) is 3.89. The first kappa shape index (κ1) is 20.3. The molecule has 150 valence electrons. The van der Waals surface area contributed by atoms with Crippen LogP contribution in [-0.4, -0.2) is 15.5 Å². The van der Waals surface area contributed by atoms with E-state index < -0.39 is 0 Å². The number of nitrogens with one attached hydrogen (secondary N) is 2. The molecular weight excluding hydrogens is 441 g/mol. The number of aromatic nitrogens is 2. The van der Waals surface area contributed by atoms with Crippen LogP contribution in [0.3, 0.4) is 0 Å². The van der Waals surface area contributed by atoms with Gasteiger partial charge >= 0.3 is 0 Å². The Kier molecular flexibility index (Phi) is 5.72. The lowest BCUT2D eigenvalue weighted by atomic mass is 10.1. The van der Waals surface area contributed by atoms with Crippen LogP contribution in [0.4, 0.5) is 0 Å². The van der Waals surface area contributed by atoms with Crippen molar-refractivity contribution in [3.8, 4) is 5.69 Å². The molecule has 0 spiro atoms. The van der Waals surface area contributed by atoms with Crippen molar-refractivity contribution >= 4 is 52.2 Å². The average molecular weight is 456 g/mol. The number of amides is 1. The number of aromatic amines is 1. The lowest BCUT2D eigenvalue weighted by Gasteiger charge is -2.10. The number of H-pyrrole nitrogens is 1. The van der Waals surface area contributed by atoms with E-state index in [0.29, 0.717) is 32.2 Å². The summed E-state index contributed by atoms with van der Waals surface area (Å²) in [5.41, 5.74) is 2.07. The summed E-state index contributed by atoms with van der Waals surface area (Å²) in [6, 6.07) is 19.1. The molecule has 0 aliphatic heterocycles. The molecule has 0 bridgehead atoms. The highest BCUT2D eigenvalue weighted by molar-refractivity contribution is 7.71. The molecule has 0 saturated carbocycles. The van der Waals surface area contributed by atoms with Gasteiger partial charge in [0.2, 0.25) is 0 Å². The Balaban J connectivity index is 1.64. The molecule has 0 fully saturated rings. The summed E-state index contributed by atoms with van der Waals surface area (Å²) in [7, 11) is 0. The molecule has 0 aliphatic rings. The Morgan fingerprint density at radius 2 is 1.80 bits per heavy atom. The first-order valence-electron chi connectivity index (χ1n) is 9.01. The van der Waals surface area contributed by atoms with Gasteiger partial charge in [0, 0.05) is 22.2 Å². The van der Waals surface area contributed by atoms with E-state index in [1.807, 2.05) is 18.2 Å². The SMILES string of the molecule is O=C(NCc1ccc(Cl)cc1Cl)c1ccc2c(=O)n(-c3ccccc3)c(=S)[nH]c2c1. The molecule has 8 heteroatoms. The van der Waals surface area contributed by atoms with Gasteiger partial charge in [-0.1, -0.05) is 47.5 Å². The molecule has 4 aromatic rings. The summed E-state index contributed by atoms with van der Waals surface area (Å²) in [6.45, 7) is 0.248. The van der Waals surface area contributed by atoms with Crippen molar-refractivity contribution in [3.63, 3.8) is 0 Å². The maximum Gasteiger partial charge on any atom is 0.266 e. The summed E-state index contributed by atoms with van der Waals surface area (Å²) in [6.07, 6.45) is 0. The fourth-order valence-electron chi connectivity index (χ4n) is 3.11. The first-order chi connectivity index (χ1) is 14.4. The predicted molar refractivity (Wildman–Crippen MR) is 122 cm³/mol. The Morgan fingerprint density at radius 1 is 1.03 bits per heavy atom. The Hall–Kier alpha value is -2.93. The van der Waals surface area contributed by atoms with Crippen LogP contribution >= 0.6 is 35.4 Å². The van der Waals surface area contributed by atoms with Gasteiger partial charge in [-0.3, -0.25) is 14.2 Å². The van der Waals surface area contributed by atoms with Crippen LogP contribution in [0.25, 0.3) is 16.6 Å². The van der Waals surface area contributed by atoms with Gasteiger partial charge in [0.25, 0.3) is 11.5 Å². The number of hydrogen-bond acceptors (Lipinski definition) is 3. The van der Waals surface area contributed by atoms with Crippen LogP contribution in [0.2, 0.25) is 10.0 Å². The number of hydrogen-bond donors (Lipinski definition) is 2. The minimum Gasteiger partial charge on any atom is -0.348 e. The zero-order valence-electron chi connectivity index (χ0n) is 15.5. The first-order valence-corrected chi connectivity index (χ1v) is 10.2. The number of carbonyl (C=O) groups is 1. The third kappa shape index (κ3) is 4.03. The third-order valence-electron chi connectivity index (χ3n) is 4.63. The topological polar surface area (TPSA) is 66.9 Å². The maximum absolute atomic E-state index is 13.0. The van der Waals surface area contributed by atoms with E-state index in [-0.39, 0.29) is 22.8 Å². The van der Waals surface area contributed by atoms with E-state index in [1.165, 1.54) is 4.57 Å². The number of rotatable bonds is 4. The molecule has 0 aliphatic carbocycles. The number of fused-ring (bicyclic) bond motifs is 1. The van der Waals surface area contributed by atoms with Crippen molar-refractivity contribution in [1.82, 2.24) is 14.9 Å². The molecule has 0 saturated heterocycles. The zero-order chi connectivity index (χ0) is 21.3. The molecule has 0 radical (unpaired) electrons. The number of nitrogens with zero attached hydrogens (tertiary/aromatic N) is 1. The molecule has 30 heavy (non-hydrogen) atoms. The van der Waals surface area contributed by atoms with Gasteiger partial charge in [-0.05, 0) is 60.2 Å². The molecule has 2 N–H and O–H groups in total.